The van der Waals surface area contributed by atoms with Crippen molar-refractivity contribution in [1.82, 2.24) is 0 Å². The van der Waals surface area contributed by atoms with E-state index >= 15 is 0 Å². The van der Waals surface area contributed by atoms with Crippen LogP contribution in [0, 0.1) is 0 Å². The highest BCUT2D eigenvalue weighted by Crippen LogP contribution is 2.52. The maximum absolute atomic E-state index is 2.49. The zero-order valence-corrected chi connectivity index (χ0v) is 31.0. The SMILES string of the molecule is CC1(C)c2cc(-c3ccc4ccccc4c3)ccc2-c2ccc(-c3c4ccccc4c(-c4ccccc4-c4ccc5ccccc5c4)c4ccccc34)cc21. The van der Waals surface area contributed by atoms with Gasteiger partial charge in [-0.2, -0.15) is 0 Å². The minimum Gasteiger partial charge on any atom is -0.0616 e. The summed E-state index contributed by atoms with van der Waals surface area (Å²) in [5.41, 5.74) is 15.4. The highest BCUT2D eigenvalue weighted by molar-refractivity contribution is 6.22. The molecule has 1 aliphatic rings. The normalized spacial score (nSPS) is 13.1. The standard InChI is InChI=1S/C55H38/c1-55(2)51-33-40(39-25-23-35-13-3-5-15-37(35)31-39)27-29-44(51)45-30-28-42(34-52(45)55)53-47-19-9-11-21-49(47)54(50-22-12-10-20-48(50)53)46-18-8-7-17-43(46)41-26-24-36-14-4-6-16-38(36)32-41/h3-34H,1-2H3. The molecule has 10 aromatic carbocycles. The Balaban J connectivity index is 1.08. The second-order valence-corrected chi connectivity index (χ2v) is 15.7. The summed E-state index contributed by atoms with van der Waals surface area (Å²) in [4.78, 5) is 0. The highest BCUT2D eigenvalue weighted by Gasteiger charge is 2.36. The van der Waals surface area contributed by atoms with Crippen molar-refractivity contribution in [1.29, 1.82) is 0 Å². The van der Waals surface area contributed by atoms with E-state index in [4.69, 9.17) is 0 Å². The maximum atomic E-state index is 2.49. The lowest BCUT2D eigenvalue weighted by molar-refractivity contribution is 0.661. The molecular formula is C55H38. The Labute approximate surface area is 322 Å². The summed E-state index contributed by atoms with van der Waals surface area (Å²) in [5, 5.41) is 10.2. The zero-order chi connectivity index (χ0) is 36.7. The van der Waals surface area contributed by atoms with Crippen molar-refractivity contribution >= 4 is 43.1 Å². The van der Waals surface area contributed by atoms with Crippen LogP contribution in [0.5, 0.6) is 0 Å². The largest absolute Gasteiger partial charge is 0.0616 e. The quantitative estimate of drug-likeness (QED) is 0.161. The third-order valence-corrected chi connectivity index (χ3v) is 12.2. The first kappa shape index (κ1) is 31.7. The van der Waals surface area contributed by atoms with Gasteiger partial charge in [0.05, 0.1) is 0 Å². The van der Waals surface area contributed by atoms with E-state index in [-0.39, 0.29) is 5.41 Å². The van der Waals surface area contributed by atoms with Crippen molar-refractivity contribution in [2.75, 3.05) is 0 Å². The molecule has 0 fully saturated rings. The molecule has 0 saturated heterocycles. The molecule has 0 spiro atoms. The van der Waals surface area contributed by atoms with Crippen molar-refractivity contribution in [3.8, 4) is 55.6 Å². The van der Waals surface area contributed by atoms with Crippen LogP contribution in [-0.2, 0) is 5.41 Å². The van der Waals surface area contributed by atoms with Gasteiger partial charge in [-0.15, -0.1) is 0 Å². The number of hydrogen-bond acceptors (Lipinski definition) is 0. The van der Waals surface area contributed by atoms with Gasteiger partial charge in [-0.1, -0.05) is 184 Å². The van der Waals surface area contributed by atoms with E-state index in [1.165, 1.54) is 110 Å². The molecule has 0 radical (unpaired) electrons. The van der Waals surface area contributed by atoms with E-state index < -0.39 is 0 Å². The number of hydrogen-bond donors (Lipinski definition) is 0. The summed E-state index contributed by atoms with van der Waals surface area (Å²) in [6, 6.07) is 72.2. The lowest BCUT2D eigenvalue weighted by Gasteiger charge is -2.24. The summed E-state index contributed by atoms with van der Waals surface area (Å²) < 4.78 is 0. The van der Waals surface area contributed by atoms with Crippen LogP contribution >= 0.6 is 0 Å². The Bertz CT molecular complexity index is 3120. The minimum atomic E-state index is -0.155. The fraction of sp³-hybridized carbons (Fsp3) is 0.0545. The summed E-state index contributed by atoms with van der Waals surface area (Å²) >= 11 is 0. The summed E-state index contributed by atoms with van der Waals surface area (Å²) in [6.45, 7) is 4.79. The molecule has 0 heterocycles. The van der Waals surface area contributed by atoms with Crippen LogP contribution in [0.1, 0.15) is 25.0 Å². The molecule has 0 N–H and O–H groups in total. The van der Waals surface area contributed by atoms with Crippen LogP contribution in [0.2, 0.25) is 0 Å². The fourth-order valence-corrected chi connectivity index (χ4v) is 9.48. The van der Waals surface area contributed by atoms with E-state index in [0.717, 1.165) is 0 Å². The van der Waals surface area contributed by atoms with Gasteiger partial charge in [0.2, 0.25) is 0 Å². The summed E-state index contributed by atoms with van der Waals surface area (Å²) in [5.74, 6) is 0. The number of fused-ring (bicyclic) bond motifs is 7. The van der Waals surface area contributed by atoms with Gasteiger partial charge in [-0.3, -0.25) is 0 Å². The van der Waals surface area contributed by atoms with E-state index in [9.17, 15) is 0 Å². The molecule has 0 bridgehead atoms. The highest BCUT2D eigenvalue weighted by atomic mass is 14.4. The molecule has 0 nitrogen and oxygen atoms in total. The van der Waals surface area contributed by atoms with Gasteiger partial charge in [0.25, 0.3) is 0 Å². The van der Waals surface area contributed by atoms with Crippen LogP contribution in [0.4, 0.5) is 0 Å². The van der Waals surface area contributed by atoms with Crippen molar-refractivity contribution in [3.63, 3.8) is 0 Å². The maximum Gasteiger partial charge on any atom is 0.0159 e. The van der Waals surface area contributed by atoms with E-state index in [1.54, 1.807) is 0 Å². The second-order valence-electron chi connectivity index (χ2n) is 15.7. The third kappa shape index (κ3) is 4.92. The predicted octanol–water partition coefficient (Wildman–Crippen LogP) is 15.3. The molecule has 0 aromatic heterocycles. The van der Waals surface area contributed by atoms with Gasteiger partial charge < -0.3 is 0 Å². The van der Waals surface area contributed by atoms with Crippen LogP contribution in [0.25, 0.3) is 98.7 Å². The third-order valence-electron chi connectivity index (χ3n) is 12.2. The van der Waals surface area contributed by atoms with Crippen LogP contribution < -0.4 is 0 Å². The van der Waals surface area contributed by atoms with E-state index in [2.05, 4.69) is 208 Å². The first-order valence-corrected chi connectivity index (χ1v) is 19.3. The van der Waals surface area contributed by atoms with E-state index in [1.807, 2.05) is 0 Å². The minimum absolute atomic E-state index is 0.155. The Morgan fingerprint density at radius 1 is 0.273 bits per heavy atom. The van der Waals surface area contributed by atoms with Crippen LogP contribution in [0.3, 0.4) is 0 Å². The summed E-state index contributed by atoms with van der Waals surface area (Å²) in [7, 11) is 0. The smallest absolute Gasteiger partial charge is 0.0159 e. The number of rotatable bonds is 4. The first-order valence-electron chi connectivity index (χ1n) is 19.3. The molecule has 0 atom stereocenters. The molecule has 55 heavy (non-hydrogen) atoms. The van der Waals surface area contributed by atoms with Crippen molar-refractivity contribution in [3.05, 3.63) is 205 Å². The average Bonchev–Trinajstić information content (AvgIpc) is 3.47. The molecule has 0 unspecified atom stereocenters. The summed E-state index contributed by atoms with van der Waals surface area (Å²) in [6.07, 6.45) is 0. The lowest BCUT2D eigenvalue weighted by atomic mass is 9.79. The molecular weight excluding hydrogens is 661 g/mol. The average molecular weight is 699 g/mol. The molecule has 0 aliphatic heterocycles. The number of benzene rings is 10. The molecule has 0 saturated carbocycles. The van der Waals surface area contributed by atoms with Gasteiger partial charge in [0, 0.05) is 5.41 Å². The molecule has 1 aliphatic carbocycles. The van der Waals surface area contributed by atoms with Crippen molar-refractivity contribution in [2.24, 2.45) is 0 Å². The fourth-order valence-electron chi connectivity index (χ4n) is 9.48. The van der Waals surface area contributed by atoms with Gasteiger partial charge in [-0.05, 0) is 134 Å². The second kappa shape index (κ2) is 12.1. The van der Waals surface area contributed by atoms with E-state index in [0.29, 0.717) is 0 Å². The topological polar surface area (TPSA) is 0 Å². The zero-order valence-electron chi connectivity index (χ0n) is 31.0. The monoisotopic (exact) mass is 698 g/mol. The van der Waals surface area contributed by atoms with Crippen molar-refractivity contribution in [2.45, 2.75) is 19.3 Å². The first-order chi connectivity index (χ1) is 27.0. The molecule has 0 amide bonds. The van der Waals surface area contributed by atoms with Crippen LogP contribution in [-0.4, -0.2) is 0 Å². The van der Waals surface area contributed by atoms with Gasteiger partial charge in [0.1, 0.15) is 0 Å². The van der Waals surface area contributed by atoms with Gasteiger partial charge in [-0.25, -0.2) is 0 Å². The molecule has 0 heteroatoms. The molecule has 11 rings (SSSR count). The van der Waals surface area contributed by atoms with Crippen molar-refractivity contribution < 1.29 is 0 Å². The van der Waals surface area contributed by atoms with Gasteiger partial charge >= 0.3 is 0 Å². The molecule has 10 aromatic rings. The Morgan fingerprint density at radius 2 is 0.673 bits per heavy atom. The van der Waals surface area contributed by atoms with Gasteiger partial charge in [0.15, 0.2) is 0 Å². The Kier molecular flexibility index (Phi) is 7.00. The molecule has 258 valence electrons. The van der Waals surface area contributed by atoms with Crippen LogP contribution in [0.15, 0.2) is 194 Å². The predicted molar refractivity (Wildman–Crippen MR) is 236 cm³/mol. The Morgan fingerprint density at radius 3 is 1.27 bits per heavy atom. The Hall–Kier alpha value is -6.76. The lowest BCUT2D eigenvalue weighted by Crippen LogP contribution is -2.15.